The molecule has 1 aromatic heterocycles. The van der Waals surface area contributed by atoms with E-state index in [1.807, 2.05) is 18.2 Å². The third-order valence-corrected chi connectivity index (χ3v) is 5.76. The molecule has 0 spiro atoms. The van der Waals surface area contributed by atoms with Gasteiger partial charge in [-0.2, -0.15) is 0 Å². The molecule has 0 radical (unpaired) electrons. The maximum absolute atomic E-state index is 6.05. The van der Waals surface area contributed by atoms with Crippen LogP contribution in [0.4, 0.5) is 16.4 Å². The number of halogens is 1. The van der Waals surface area contributed by atoms with Crippen LogP contribution in [0.5, 0.6) is 0 Å². The zero-order valence-electron chi connectivity index (χ0n) is 13.6. The summed E-state index contributed by atoms with van der Waals surface area (Å²) in [6.45, 7) is 3.81. The highest BCUT2D eigenvalue weighted by Crippen LogP contribution is 2.39. The summed E-state index contributed by atoms with van der Waals surface area (Å²) in [6.07, 6.45) is 0. The first-order valence-corrected chi connectivity index (χ1v) is 9.20. The Bertz CT molecular complexity index is 892. The number of para-hydroxylation sites is 2. The monoisotopic (exact) mass is 357 g/mol. The van der Waals surface area contributed by atoms with Crippen LogP contribution in [0.2, 0.25) is 0 Å². The Kier molecular flexibility index (Phi) is 3.76. The molecule has 0 amide bonds. The van der Waals surface area contributed by atoms with E-state index in [4.69, 9.17) is 16.6 Å². The van der Waals surface area contributed by atoms with E-state index >= 15 is 0 Å². The van der Waals surface area contributed by atoms with Crippen molar-refractivity contribution in [2.24, 2.45) is 4.99 Å². The number of hydrogen-bond acceptors (Lipinski definition) is 4. The van der Waals surface area contributed by atoms with Crippen LogP contribution in [0.1, 0.15) is 10.4 Å². The van der Waals surface area contributed by atoms with Gasteiger partial charge in [-0.05, 0) is 25.1 Å². The number of aryl methyl sites for hydroxylation is 1. The number of alkyl halides is 1. The van der Waals surface area contributed by atoms with E-state index in [0.717, 1.165) is 40.9 Å². The van der Waals surface area contributed by atoms with E-state index < -0.39 is 0 Å². The minimum Gasteiger partial charge on any atom is -0.345 e. The van der Waals surface area contributed by atoms with Gasteiger partial charge in [-0.3, -0.25) is 4.90 Å². The maximum atomic E-state index is 6.05. The predicted octanol–water partition coefficient (Wildman–Crippen LogP) is 4.07. The van der Waals surface area contributed by atoms with Crippen molar-refractivity contribution in [2.75, 3.05) is 31.5 Å². The zero-order valence-corrected chi connectivity index (χ0v) is 15.2. The van der Waals surface area contributed by atoms with Crippen LogP contribution in [-0.4, -0.2) is 41.4 Å². The lowest BCUT2D eigenvalue weighted by Crippen LogP contribution is -2.48. The van der Waals surface area contributed by atoms with Gasteiger partial charge in [0, 0.05) is 4.88 Å². The van der Waals surface area contributed by atoms with Crippen molar-refractivity contribution in [1.82, 2.24) is 4.90 Å². The number of hydrogen-bond donors (Lipinski definition) is 1. The van der Waals surface area contributed by atoms with Crippen molar-refractivity contribution < 1.29 is 4.48 Å². The second kappa shape index (κ2) is 5.82. The normalized spacial score (nSPS) is 21.6. The molecule has 122 valence electrons. The van der Waals surface area contributed by atoms with Crippen molar-refractivity contribution in [3.63, 3.8) is 0 Å². The standard InChI is InChI=1S/C18H18ClN4S/c1-13-11-14-17(22-7-9-23(2,12-19)10-8-22)20-15-5-3-4-6-16(15)21-18(14)24-13/h3-6,11,21H,7,9,12H2,1-2H3/q+1. The van der Waals surface area contributed by atoms with Gasteiger partial charge in [-0.1, -0.05) is 23.7 Å². The van der Waals surface area contributed by atoms with Crippen molar-refractivity contribution in [3.05, 3.63) is 40.8 Å². The molecule has 4 rings (SSSR count). The summed E-state index contributed by atoms with van der Waals surface area (Å²) in [5, 5.41) is 4.65. The summed E-state index contributed by atoms with van der Waals surface area (Å²) in [5.41, 5.74) is 3.09. The van der Waals surface area contributed by atoms with Gasteiger partial charge in [0.25, 0.3) is 0 Å². The SMILES string of the molecule is Cc1cc2c(s1)Nc1ccccc1N=C2N1C#C[N+](C)(CCl)CC1. The molecule has 0 bridgehead atoms. The molecule has 0 fully saturated rings. The van der Waals surface area contributed by atoms with Crippen molar-refractivity contribution >= 4 is 45.1 Å². The number of quaternary nitrogens is 1. The third-order valence-electron chi connectivity index (χ3n) is 4.27. The Morgan fingerprint density at radius 1 is 1.42 bits per heavy atom. The lowest BCUT2D eigenvalue weighted by atomic mass is 10.2. The molecular weight excluding hydrogens is 340 g/mol. The highest BCUT2D eigenvalue weighted by Gasteiger charge is 2.29. The summed E-state index contributed by atoms with van der Waals surface area (Å²) in [5.74, 6) is 0.917. The van der Waals surface area contributed by atoms with E-state index in [1.54, 1.807) is 11.3 Å². The first-order chi connectivity index (χ1) is 11.6. The highest BCUT2D eigenvalue weighted by molar-refractivity contribution is 7.16. The molecule has 24 heavy (non-hydrogen) atoms. The van der Waals surface area contributed by atoms with E-state index in [9.17, 15) is 0 Å². The molecule has 1 N–H and O–H groups in total. The van der Waals surface area contributed by atoms with Crippen LogP contribution < -0.4 is 5.32 Å². The maximum Gasteiger partial charge on any atom is 0.166 e. The summed E-state index contributed by atoms with van der Waals surface area (Å²) in [6, 6.07) is 17.3. The Morgan fingerprint density at radius 3 is 3.00 bits per heavy atom. The molecule has 6 heteroatoms. The Labute approximate surface area is 151 Å². The van der Waals surface area contributed by atoms with E-state index in [0.29, 0.717) is 10.5 Å². The number of anilines is 2. The molecule has 2 aliphatic heterocycles. The second-order valence-electron chi connectivity index (χ2n) is 6.29. The summed E-state index contributed by atoms with van der Waals surface area (Å²) < 4.78 is 0.565. The Balaban J connectivity index is 1.83. The molecule has 2 aliphatic rings. The summed E-state index contributed by atoms with van der Waals surface area (Å²) in [4.78, 5) is 8.25. The molecule has 0 saturated heterocycles. The second-order valence-corrected chi connectivity index (χ2v) is 7.79. The van der Waals surface area contributed by atoms with Gasteiger partial charge < -0.3 is 5.32 Å². The van der Waals surface area contributed by atoms with Crippen LogP contribution in [0, 0.1) is 19.0 Å². The molecule has 1 atom stereocenters. The van der Waals surface area contributed by atoms with Crippen LogP contribution >= 0.6 is 22.9 Å². The first-order valence-electron chi connectivity index (χ1n) is 7.84. The van der Waals surface area contributed by atoms with E-state index in [-0.39, 0.29) is 0 Å². The number of aliphatic imine (C=N–C) groups is 1. The van der Waals surface area contributed by atoms with Gasteiger partial charge in [0.15, 0.2) is 17.9 Å². The van der Waals surface area contributed by atoms with Gasteiger partial charge in [-0.15, -0.1) is 11.3 Å². The highest BCUT2D eigenvalue weighted by atomic mass is 35.5. The van der Waals surface area contributed by atoms with Crippen molar-refractivity contribution in [1.29, 1.82) is 0 Å². The van der Waals surface area contributed by atoms with Crippen LogP contribution in [0.25, 0.3) is 0 Å². The van der Waals surface area contributed by atoms with E-state index in [2.05, 4.69) is 48.4 Å². The van der Waals surface area contributed by atoms with Crippen molar-refractivity contribution in [2.45, 2.75) is 6.92 Å². The van der Waals surface area contributed by atoms with Gasteiger partial charge >= 0.3 is 0 Å². The van der Waals surface area contributed by atoms with E-state index in [1.165, 1.54) is 4.88 Å². The fourth-order valence-corrected chi connectivity index (χ4v) is 3.91. The average Bonchev–Trinajstić information content (AvgIpc) is 2.88. The van der Waals surface area contributed by atoms with Gasteiger partial charge in [0.05, 0.1) is 36.6 Å². The van der Waals surface area contributed by atoms with Gasteiger partial charge in [0.2, 0.25) is 0 Å². The Hall–Kier alpha value is -2.00. The number of nitrogens with zero attached hydrogens (tertiary/aromatic N) is 3. The minimum absolute atomic E-state index is 0.501. The van der Waals surface area contributed by atoms with Crippen molar-refractivity contribution in [3.8, 4) is 12.1 Å². The first kappa shape index (κ1) is 15.5. The zero-order chi connectivity index (χ0) is 16.7. The topological polar surface area (TPSA) is 27.6 Å². The molecule has 0 aliphatic carbocycles. The molecule has 3 heterocycles. The van der Waals surface area contributed by atoms with Crippen LogP contribution in [0.3, 0.4) is 0 Å². The molecule has 1 unspecified atom stereocenters. The molecular formula is C18H18ClN4S+. The molecule has 4 nitrogen and oxygen atoms in total. The largest absolute Gasteiger partial charge is 0.345 e. The number of fused-ring (bicyclic) bond motifs is 2. The number of amidine groups is 1. The van der Waals surface area contributed by atoms with Crippen LogP contribution in [0.15, 0.2) is 35.3 Å². The average molecular weight is 358 g/mol. The number of likely N-dealkylation sites (N-methyl/N-ethyl adjacent to an activating group) is 1. The number of benzene rings is 1. The number of thiophene rings is 1. The third kappa shape index (κ3) is 2.67. The molecule has 2 aromatic rings. The fraction of sp³-hybridized carbons (Fsp3) is 0.278. The quantitative estimate of drug-likeness (QED) is 0.360. The predicted molar refractivity (Wildman–Crippen MR) is 101 cm³/mol. The van der Waals surface area contributed by atoms with Gasteiger partial charge in [0.1, 0.15) is 11.5 Å². The van der Waals surface area contributed by atoms with Crippen LogP contribution in [-0.2, 0) is 0 Å². The smallest absolute Gasteiger partial charge is 0.166 e. The number of nitrogens with one attached hydrogen (secondary N) is 1. The minimum atomic E-state index is 0.501. The summed E-state index contributed by atoms with van der Waals surface area (Å²) in [7, 11) is 2.06. The molecule has 1 aromatic carbocycles. The fourth-order valence-electron chi connectivity index (χ4n) is 2.81. The number of rotatable bonds is 1. The summed E-state index contributed by atoms with van der Waals surface area (Å²) >= 11 is 7.79. The van der Waals surface area contributed by atoms with Gasteiger partial charge in [-0.25, -0.2) is 9.48 Å². The Morgan fingerprint density at radius 2 is 2.25 bits per heavy atom. The lowest BCUT2D eigenvalue weighted by Gasteiger charge is -2.30. The lowest BCUT2D eigenvalue weighted by molar-refractivity contribution is -0.832. The molecule has 0 saturated carbocycles.